The lowest BCUT2D eigenvalue weighted by Gasteiger charge is -2.17. The molecule has 4 heteroatoms. The summed E-state index contributed by atoms with van der Waals surface area (Å²) in [6.45, 7) is 9.52. The fourth-order valence-electron chi connectivity index (χ4n) is 3.13. The molecule has 0 atom stereocenters. The molecule has 146 valence electrons. The van der Waals surface area contributed by atoms with E-state index in [2.05, 4.69) is 26.2 Å². The Bertz CT molecular complexity index is 902. The highest BCUT2D eigenvalue weighted by Gasteiger charge is 2.31. The lowest BCUT2D eigenvalue weighted by molar-refractivity contribution is 0.398. The van der Waals surface area contributed by atoms with Crippen molar-refractivity contribution in [1.29, 1.82) is 0 Å². The minimum atomic E-state index is -3.19. The highest BCUT2D eigenvalue weighted by Crippen LogP contribution is 2.48. The molecule has 0 aromatic heterocycles. The molecule has 0 spiro atoms. The minimum absolute atomic E-state index is 0.143. The first kappa shape index (κ1) is 22.9. The largest absolute Gasteiger partial charge is 0.224 e. The van der Waals surface area contributed by atoms with Crippen molar-refractivity contribution < 1.29 is 12.8 Å². The van der Waals surface area contributed by atoms with E-state index in [1.54, 1.807) is 19.1 Å². The maximum Gasteiger partial charge on any atom is 0.175 e. The summed E-state index contributed by atoms with van der Waals surface area (Å²) in [5.41, 5.74) is 4.68. The normalized spacial score (nSPS) is 17.3. The van der Waals surface area contributed by atoms with Crippen LogP contribution >= 0.6 is 0 Å². The topological polar surface area (TPSA) is 34.1 Å². The van der Waals surface area contributed by atoms with Crippen LogP contribution in [0.3, 0.4) is 0 Å². The Balaban J connectivity index is 0.00000114. The van der Waals surface area contributed by atoms with Crippen LogP contribution in [-0.4, -0.2) is 14.7 Å². The molecule has 0 heterocycles. The van der Waals surface area contributed by atoms with Crippen LogP contribution in [0.1, 0.15) is 53.0 Å². The summed E-state index contributed by atoms with van der Waals surface area (Å²) >= 11 is 0. The minimum Gasteiger partial charge on any atom is -0.224 e. The molecule has 1 aromatic carbocycles. The Hall–Kier alpha value is -2.12. The second kappa shape index (κ2) is 9.19. The van der Waals surface area contributed by atoms with Crippen LogP contribution in [0.25, 0.3) is 5.57 Å². The van der Waals surface area contributed by atoms with E-state index in [1.165, 1.54) is 30.4 Å². The fourth-order valence-corrected chi connectivity index (χ4v) is 3.76. The van der Waals surface area contributed by atoms with Crippen molar-refractivity contribution in [3.63, 3.8) is 0 Å². The molecule has 0 unspecified atom stereocenters. The maximum absolute atomic E-state index is 13.0. The molecule has 0 saturated heterocycles. The SMILES string of the molecule is C#CC.C/C(F)=C\C=C(/C)C1=C(c2ccc(S(C)(=O)=O)cc2)CC(C)(C)C1. The second-order valence-corrected chi connectivity index (χ2v) is 9.68. The van der Waals surface area contributed by atoms with Gasteiger partial charge in [0, 0.05) is 6.26 Å². The highest BCUT2D eigenvalue weighted by atomic mass is 32.2. The molecule has 0 saturated carbocycles. The zero-order valence-electron chi connectivity index (χ0n) is 17.1. The standard InChI is InChI=1S/C20H25FO2S.C3H4/c1-14(6-7-15(2)21)18-12-20(3,4)13-19(18)16-8-10-17(11-9-16)24(5,22)23;1-3-2/h6-11H,12-13H2,1-5H3;1H,2H3/b14-6+,15-7+;. The summed E-state index contributed by atoms with van der Waals surface area (Å²) in [7, 11) is -3.19. The molecule has 0 aliphatic heterocycles. The quantitative estimate of drug-likeness (QED) is 0.460. The van der Waals surface area contributed by atoms with E-state index in [0.717, 1.165) is 24.0 Å². The van der Waals surface area contributed by atoms with Gasteiger partial charge in [-0.25, -0.2) is 12.8 Å². The molecule has 0 fully saturated rings. The Kier molecular flexibility index (Phi) is 7.80. The van der Waals surface area contributed by atoms with Crippen LogP contribution in [0.4, 0.5) is 4.39 Å². The van der Waals surface area contributed by atoms with Crippen LogP contribution in [-0.2, 0) is 9.84 Å². The molecule has 2 rings (SSSR count). The summed E-state index contributed by atoms with van der Waals surface area (Å²) in [4.78, 5) is 0.328. The van der Waals surface area contributed by atoms with E-state index in [9.17, 15) is 12.8 Å². The van der Waals surface area contributed by atoms with Gasteiger partial charge in [0.15, 0.2) is 9.84 Å². The smallest absolute Gasteiger partial charge is 0.175 e. The summed E-state index contributed by atoms with van der Waals surface area (Å²) in [5.74, 6) is 2.03. The number of benzene rings is 1. The predicted octanol–water partition coefficient (Wildman–Crippen LogP) is 6.12. The number of terminal acetylenes is 1. The van der Waals surface area contributed by atoms with Gasteiger partial charge in [-0.1, -0.05) is 32.1 Å². The first-order valence-electron chi connectivity index (χ1n) is 8.82. The summed E-state index contributed by atoms with van der Waals surface area (Å²) < 4.78 is 36.3. The van der Waals surface area contributed by atoms with Gasteiger partial charge >= 0.3 is 0 Å². The average Bonchev–Trinajstić information content (AvgIpc) is 2.88. The fraction of sp³-hybridized carbons (Fsp3) is 0.391. The van der Waals surface area contributed by atoms with Crippen molar-refractivity contribution >= 4 is 15.4 Å². The van der Waals surface area contributed by atoms with Crippen molar-refractivity contribution in [2.24, 2.45) is 5.41 Å². The Labute approximate surface area is 163 Å². The second-order valence-electron chi connectivity index (χ2n) is 7.66. The third-order valence-electron chi connectivity index (χ3n) is 4.34. The molecule has 0 amide bonds. The number of rotatable bonds is 4. The van der Waals surface area contributed by atoms with E-state index >= 15 is 0 Å². The number of hydrogen-bond acceptors (Lipinski definition) is 2. The van der Waals surface area contributed by atoms with E-state index in [-0.39, 0.29) is 11.2 Å². The molecule has 27 heavy (non-hydrogen) atoms. The molecule has 1 aliphatic rings. The van der Waals surface area contributed by atoms with E-state index in [0.29, 0.717) is 4.90 Å². The van der Waals surface area contributed by atoms with Crippen LogP contribution < -0.4 is 0 Å². The summed E-state index contributed by atoms with van der Waals surface area (Å²) in [5, 5.41) is 0. The Morgan fingerprint density at radius 1 is 1.15 bits per heavy atom. The molecule has 0 bridgehead atoms. The molecule has 1 aromatic rings. The van der Waals surface area contributed by atoms with Gasteiger partial charge in [-0.3, -0.25) is 0 Å². The lowest BCUT2D eigenvalue weighted by Crippen LogP contribution is -2.05. The third-order valence-corrected chi connectivity index (χ3v) is 5.47. The first-order valence-corrected chi connectivity index (χ1v) is 10.7. The van der Waals surface area contributed by atoms with Gasteiger partial charge < -0.3 is 0 Å². The molecule has 0 radical (unpaired) electrons. The van der Waals surface area contributed by atoms with Crippen molar-refractivity contribution in [2.75, 3.05) is 6.26 Å². The van der Waals surface area contributed by atoms with E-state index < -0.39 is 9.84 Å². The van der Waals surface area contributed by atoms with Crippen molar-refractivity contribution in [3.8, 4) is 12.3 Å². The summed E-state index contributed by atoms with van der Waals surface area (Å²) in [6, 6.07) is 7.06. The number of hydrogen-bond donors (Lipinski definition) is 0. The van der Waals surface area contributed by atoms with Gasteiger partial charge in [0.05, 0.1) is 10.7 Å². The average molecular weight is 389 g/mol. The molecule has 2 nitrogen and oxygen atoms in total. The van der Waals surface area contributed by atoms with Crippen LogP contribution in [0.15, 0.2) is 58.3 Å². The van der Waals surface area contributed by atoms with E-state index in [1.807, 2.05) is 25.1 Å². The van der Waals surface area contributed by atoms with E-state index in [4.69, 9.17) is 0 Å². The maximum atomic E-state index is 13.0. The Morgan fingerprint density at radius 2 is 1.67 bits per heavy atom. The van der Waals surface area contributed by atoms with Gasteiger partial charge in [0.1, 0.15) is 0 Å². The number of allylic oxidation sites excluding steroid dienone is 6. The number of sulfone groups is 1. The predicted molar refractivity (Wildman–Crippen MR) is 113 cm³/mol. The van der Waals surface area contributed by atoms with Crippen LogP contribution in [0.5, 0.6) is 0 Å². The monoisotopic (exact) mass is 388 g/mol. The highest BCUT2D eigenvalue weighted by molar-refractivity contribution is 7.90. The van der Waals surface area contributed by atoms with Crippen molar-refractivity contribution in [2.45, 2.75) is 52.4 Å². The lowest BCUT2D eigenvalue weighted by atomic mass is 9.87. The van der Waals surface area contributed by atoms with Gasteiger partial charge in [0.25, 0.3) is 0 Å². The molecule has 0 N–H and O–H groups in total. The first-order chi connectivity index (χ1) is 12.4. The summed E-state index contributed by atoms with van der Waals surface area (Å²) in [6.07, 6.45) is 11.0. The zero-order valence-corrected chi connectivity index (χ0v) is 17.9. The number of halogens is 1. The van der Waals surface area contributed by atoms with Crippen LogP contribution in [0, 0.1) is 17.8 Å². The van der Waals surface area contributed by atoms with Gasteiger partial charge in [-0.2, -0.15) is 0 Å². The van der Waals surface area contributed by atoms with Crippen molar-refractivity contribution in [3.05, 3.63) is 59.0 Å². The Morgan fingerprint density at radius 3 is 2.11 bits per heavy atom. The van der Waals surface area contributed by atoms with Gasteiger partial charge in [0.2, 0.25) is 0 Å². The van der Waals surface area contributed by atoms with Crippen molar-refractivity contribution in [1.82, 2.24) is 0 Å². The van der Waals surface area contributed by atoms with Gasteiger partial charge in [-0.05, 0) is 79.5 Å². The molecular weight excluding hydrogens is 359 g/mol. The third kappa shape index (κ3) is 6.84. The molecule has 1 aliphatic carbocycles. The van der Waals surface area contributed by atoms with Gasteiger partial charge in [-0.15, -0.1) is 12.3 Å². The zero-order chi connectivity index (χ0) is 20.8. The molecular formula is C23H29FO2S. The van der Waals surface area contributed by atoms with Crippen LogP contribution in [0.2, 0.25) is 0 Å².